The smallest absolute Gasteiger partial charge is 0.244 e. The van der Waals surface area contributed by atoms with Crippen LogP contribution < -0.4 is 39.2 Å². The summed E-state index contributed by atoms with van der Waals surface area (Å²) in [6.07, 6.45) is 4.01. The van der Waals surface area contributed by atoms with Crippen molar-refractivity contribution in [2.45, 2.75) is 25.8 Å². The molecule has 1 aliphatic carbocycles. The van der Waals surface area contributed by atoms with E-state index in [2.05, 4.69) is 5.32 Å². The molecule has 1 N–H and O–H groups in total. The molecule has 10 heteroatoms. The first-order valence-corrected chi connectivity index (χ1v) is 13.5. The van der Waals surface area contributed by atoms with Crippen LogP contribution in [0, 0.1) is 0 Å². The predicted molar refractivity (Wildman–Crippen MR) is 162 cm³/mol. The largest absolute Gasteiger partial charge is 0.496 e. The minimum absolute atomic E-state index is 0.163. The van der Waals surface area contributed by atoms with Crippen LogP contribution in [-0.4, -0.2) is 54.3 Å². The zero-order valence-corrected chi connectivity index (χ0v) is 25.3. The fourth-order valence-corrected chi connectivity index (χ4v) is 5.38. The summed E-state index contributed by atoms with van der Waals surface area (Å²) < 4.78 is 33.1. The molecule has 0 saturated carbocycles. The number of methoxy groups -OCH3 is 6. The number of benzene rings is 2. The van der Waals surface area contributed by atoms with Gasteiger partial charge in [0.05, 0.1) is 48.7 Å². The number of ketones is 1. The van der Waals surface area contributed by atoms with Crippen LogP contribution in [-0.2, 0) is 11.2 Å². The zero-order chi connectivity index (χ0) is 31.3. The van der Waals surface area contributed by atoms with Gasteiger partial charge in [0.25, 0.3) is 0 Å². The molecule has 43 heavy (non-hydrogen) atoms. The number of nitrogens with one attached hydrogen (secondary N) is 1. The topological polar surface area (TPSA) is 119 Å². The molecule has 0 unspecified atom stereocenters. The van der Waals surface area contributed by atoms with Gasteiger partial charge in [-0.2, -0.15) is 0 Å². The summed E-state index contributed by atoms with van der Waals surface area (Å²) in [4.78, 5) is 38.5. The van der Waals surface area contributed by atoms with Gasteiger partial charge in [0, 0.05) is 11.6 Å². The Morgan fingerprint density at radius 2 is 1.42 bits per heavy atom. The highest BCUT2D eigenvalue weighted by atomic mass is 16.5. The van der Waals surface area contributed by atoms with Crippen molar-refractivity contribution in [2.24, 2.45) is 0 Å². The van der Waals surface area contributed by atoms with Crippen LogP contribution in [0.2, 0.25) is 0 Å². The summed E-state index contributed by atoms with van der Waals surface area (Å²) in [5, 5.41) is 3.05. The molecule has 0 saturated heterocycles. The first-order valence-electron chi connectivity index (χ1n) is 13.5. The normalized spacial score (nSPS) is 13.7. The molecule has 3 aromatic rings. The number of amides is 1. The van der Waals surface area contributed by atoms with Crippen molar-refractivity contribution in [3.8, 4) is 45.6 Å². The first-order chi connectivity index (χ1) is 20.7. The van der Waals surface area contributed by atoms with Gasteiger partial charge in [-0.05, 0) is 78.4 Å². The van der Waals surface area contributed by atoms with Gasteiger partial charge in [-0.1, -0.05) is 6.07 Å². The molecular formula is C33H35NO9. The van der Waals surface area contributed by atoms with Crippen molar-refractivity contribution in [1.82, 2.24) is 5.32 Å². The third-order valence-electron chi connectivity index (χ3n) is 7.34. The molecule has 0 aliphatic heterocycles. The molecule has 226 valence electrons. The lowest BCUT2D eigenvalue weighted by Gasteiger charge is -2.19. The summed E-state index contributed by atoms with van der Waals surface area (Å²) in [6.45, 7) is 1.43. The molecule has 1 amide bonds. The van der Waals surface area contributed by atoms with E-state index in [1.165, 1.54) is 47.5 Å². The SMILES string of the molecule is COc1cc2c(c(OC)c1OC)-c1ccc(OC)c(=O)cc1[C@@H](NC(=O)/C=C/c1cc(OC)c(C(C)=O)c(OC)c1)CC2. The predicted octanol–water partition coefficient (Wildman–Crippen LogP) is 4.78. The maximum Gasteiger partial charge on any atom is 0.244 e. The van der Waals surface area contributed by atoms with E-state index in [0.717, 1.165) is 11.1 Å². The highest BCUT2D eigenvalue weighted by molar-refractivity contribution is 6.00. The fourth-order valence-electron chi connectivity index (χ4n) is 5.38. The Morgan fingerprint density at radius 3 is 1.98 bits per heavy atom. The number of hydrogen-bond donors (Lipinski definition) is 1. The highest BCUT2D eigenvalue weighted by Crippen LogP contribution is 2.50. The molecule has 3 aromatic carbocycles. The van der Waals surface area contributed by atoms with Crippen LogP contribution >= 0.6 is 0 Å². The highest BCUT2D eigenvalue weighted by Gasteiger charge is 2.29. The monoisotopic (exact) mass is 589 g/mol. The lowest BCUT2D eigenvalue weighted by molar-refractivity contribution is -0.117. The number of rotatable bonds is 10. The molecule has 10 nitrogen and oxygen atoms in total. The van der Waals surface area contributed by atoms with Gasteiger partial charge in [-0.25, -0.2) is 0 Å². The van der Waals surface area contributed by atoms with Crippen LogP contribution in [0.25, 0.3) is 17.2 Å². The van der Waals surface area contributed by atoms with E-state index in [0.29, 0.717) is 63.8 Å². The van der Waals surface area contributed by atoms with E-state index >= 15 is 0 Å². The van der Waals surface area contributed by atoms with Crippen molar-refractivity contribution >= 4 is 17.8 Å². The molecule has 0 spiro atoms. The molecule has 1 aliphatic rings. The van der Waals surface area contributed by atoms with E-state index in [1.807, 2.05) is 6.07 Å². The molecule has 1 atom stereocenters. The van der Waals surface area contributed by atoms with E-state index in [9.17, 15) is 14.4 Å². The maximum atomic E-state index is 13.3. The number of Topliss-reactive ketones (excluding diaryl/α,β-unsaturated/α-hetero) is 1. The lowest BCUT2D eigenvalue weighted by Crippen LogP contribution is -2.27. The Bertz CT molecular complexity index is 1620. The Labute approximate surface area is 250 Å². The summed E-state index contributed by atoms with van der Waals surface area (Å²) in [6, 6.07) is 9.56. The number of carbonyl (C=O) groups is 2. The van der Waals surface area contributed by atoms with Crippen molar-refractivity contribution in [2.75, 3.05) is 42.7 Å². The number of carbonyl (C=O) groups excluding carboxylic acids is 2. The lowest BCUT2D eigenvalue weighted by atomic mass is 9.95. The molecule has 0 heterocycles. The van der Waals surface area contributed by atoms with Gasteiger partial charge in [-0.3, -0.25) is 14.4 Å². The van der Waals surface area contributed by atoms with Crippen LogP contribution in [0.3, 0.4) is 0 Å². The van der Waals surface area contributed by atoms with E-state index < -0.39 is 6.04 Å². The third-order valence-corrected chi connectivity index (χ3v) is 7.34. The average molecular weight is 590 g/mol. The average Bonchev–Trinajstić information content (AvgIpc) is 3.26. The molecular weight excluding hydrogens is 554 g/mol. The Morgan fingerprint density at radius 1 is 0.791 bits per heavy atom. The van der Waals surface area contributed by atoms with Crippen molar-refractivity contribution < 1.29 is 38.0 Å². The van der Waals surface area contributed by atoms with Gasteiger partial charge in [0.15, 0.2) is 23.0 Å². The van der Waals surface area contributed by atoms with Crippen LogP contribution in [0.15, 0.2) is 47.3 Å². The number of ether oxygens (including phenoxy) is 6. The second-order valence-electron chi connectivity index (χ2n) is 9.75. The summed E-state index contributed by atoms with van der Waals surface area (Å²) in [5.74, 6) is 1.64. The molecule has 4 rings (SSSR count). The molecule has 0 bridgehead atoms. The zero-order valence-electron chi connectivity index (χ0n) is 25.3. The van der Waals surface area contributed by atoms with Crippen LogP contribution in [0.1, 0.15) is 46.4 Å². The molecule has 0 radical (unpaired) electrons. The second kappa shape index (κ2) is 13.3. The van der Waals surface area contributed by atoms with Crippen molar-refractivity contribution in [1.29, 1.82) is 0 Å². The second-order valence-corrected chi connectivity index (χ2v) is 9.75. The first kappa shape index (κ1) is 31.0. The summed E-state index contributed by atoms with van der Waals surface area (Å²) >= 11 is 0. The van der Waals surface area contributed by atoms with E-state index in [4.69, 9.17) is 28.4 Å². The standard InChI is InChI=1S/C33H35NO9/c1-18(35)30-26(39-3)14-19(15-27(30)40-4)8-13-29(37)34-23-11-9-20-16-28(41-5)32(42-6)33(43-7)31(20)21-10-12-25(38-2)24(36)17-22(21)23/h8,10,12-17,23H,9,11H2,1-7H3,(H,34,37)/b13-8+/t23-/m0/s1. The van der Waals surface area contributed by atoms with Gasteiger partial charge in [0.1, 0.15) is 17.1 Å². The maximum absolute atomic E-state index is 13.3. The van der Waals surface area contributed by atoms with Gasteiger partial charge in [-0.15, -0.1) is 0 Å². The molecule has 0 aromatic heterocycles. The summed E-state index contributed by atoms with van der Waals surface area (Å²) in [5.41, 5.74) is 3.54. The molecule has 0 fully saturated rings. The van der Waals surface area contributed by atoms with E-state index in [1.54, 1.807) is 44.6 Å². The summed E-state index contributed by atoms with van der Waals surface area (Å²) in [7, 11) is 8.98. The quantitative estimate of drug-likeness (QED) is 0.263. The minimum Gasteiger partial charge on any atom is -0.496 e. The minimum atomic E-state index is -0.532. The van der Waals surface area contributed by atoms with Gasteiger partial charge < -0.3 is 33.7 Å². The van der Waals surface area contributed by atoms with Crippen molar-refractivity contribution in [3.63, 3.8) is 0 Å². The third kappa shape index (κ3) is 6.13. The fraction of sp³-hybridized carbons (Fsp3) is 0.303. The van der Waals surface area contributed by atoms with Crippen molar-refractivity contribution in [3.05, 3.63) is 75.0 Å². The number of hydrogen-bond acceptors (Lipinski definition) is 9. The number of aryl methyl sites for hydroxylation is 1. The Kier molecular flexibility index (Phi) is 9.59. The Hall–Kier alpha value is -4.99. The Balaban J connectivity index is 1.78. The van der Waals surface area contributed by atoms with Gasteiger partial charge in [0.2, 0.25) is 17.1 Å². The number of fused-ring (bicyclic) bond motifs is 3. The van der Waals surface area contributed by atoms with E-state index in [-0.39, 0.29) is 22.9 Å². The van der Waals surface area contributed by atoms with Crippen LogP contribution in [0.5, 0.6) is 34.5 Å². The van der Waals surface area contributed by atoms with Gasteiger partial charge >= 0.3 is 0 Å². The van der Waals surface area contributed by atoms with Crippen LogP contribution in [0.4, 0.5) is 0 Å².